The van der Waals surface area contributed by atoms with Crippen molar-refractivity contribution >= 4 is 5.96 Å². The molecule has 0 fully saturated rings. The molecule has 1 aromatic heterocycles. The Morgan fingerprint density at radius 2 is 2.35 bits per heavy atom. The Hall–Kier alpha value is -1.49. The fourth-order valence-corrected chi connectivity index (χ4v) is 1.27. The summed E-state index contributed by atoms with van der Waals surface area (Å²) in [4.78, 5) is 4.10. The van der Waals surface area contributed by atoms with Gasteiger partial charge < -0.3 is 20.6 Å². The summed E-state index contributed by atoms with van der Waals surface area (Å²) >= 11 is 0. The number of rotatable bonds is 5. The lowest BCUT2D eigenvalue weighted by Crippen LogP contribution is -2.36. The largest absolute Gasteiger partial charge is 0.466 e. The minimum atomic E-state index is -1.13. The van der Waals surface area contributed by atoms with Gasteiger partial charge in [-0.2, -0.15) is 0 Å². The average Bonchev–Trinajstić information content (AvgIpc) is 2.77. The van der Waals surface area contributed by atoms with Gasteiger partial charge in [0, 0.05) is 6.54 Å². The van der Waals surface area contributed by atoms with Crippen LogP contribution in [0.25, 0.3) is 0 Å². The summed E-state index contributed by atoms with van der Waals surface area (Å²) in [6.45, 7) is 6.74. The van der Waals surface area contributed by atoms with Crippen LogP contribution in [0.4, 0.5) is 0 Å². The highest BCUT2D eigenvalue weighted by Crippen LogP contribution is 2.20. The predicted octanol–water partition coefficient (Wildman–Crippen LogP) is 1.05. The highest BCUT2D eigenvalue weighted by atomic mass is 16.4. The molecule has 0 aromatic carbocycles. The van der Waals surface area contributed by atoms with E-state index in [4.69, 9.17) is 10.2 Å². The third-order valence-electron chi connectivity index (χ3n) is 2.30. The highest BCUT2D eigenvalue weighted by molar-refractivity contribution is 5.77. The van der Waals surface area contributed by atoms with Crippen LogP contribution in [0.2, 0.25) is 0 Å². The molecule has 5 heteroatoms. The van der Waals surface area contributed by atoms with Crippen LogP contribution < -0.4 is 11.1 Å². The fraction of sp³-hybridized carbons (Fsp3) is 0.583. The first-order valence-corrected chi connectivity index (χ1v) is 5.72. The van der Waals surface area contributed by atoms with Gasteiger partial charge in [-0.3, -0.25) is 0 Å². The number of aliphatic hydroxyl groups is 1. The Bertz CT molecular complexity index is 356. The normalized spacial score (nSPS) is 15.9. The molecular weight excluding hydrogens is 218 g/mol. The smallest absolute Gasteiger partial charge is 0.188 e. The maximum absolute atomic E-state index is 10.1. The molecule has 17 heavy (non-hydrogen) atoms. The van der Waals surface area contributed by atoms with Crippen molar-refractivity contribution < 1.29 is 9.52 Å². The quantitative estimate of drug-likeness (QED) is 0.529. The van der Waals surface area contributed by atoms with Crippen molar-refractivity contribution in [3.8, 4) is 0 Å². The highest BCUT2D eigenvalue weighted by Gasteiger charge is 2.25. The van der Waals surface area contributed by atoms with Gasteiger partial charge in [-0.15, -0.1) is 0 Å². The molecule has 0 aliphatic heterocycles. The lowest BCUT2D eigenvalue weighted by Gasteiger charge is -2.18. The van der Waals surface area contributed by atoms with Gasteiger partial charge in [-0.05, 0) is 25.0 Å². The van der Waals surface area contributed by atoms with Gasteiger partial charge in [0.25, 0.3) is 0 Å². The second-order valence-corrected chi connectivity index (χ2v) is 4.73. The minimum absolute atomic E-state index is 0.164. The molecule has 1 unspecified atom stereocenters. The molecule has 1 rings (SSSR count). The van der Waals surface area contributed by atoms with E-state index in [1.54, 1.807) is 19.1 Å². The molecule has 5 nitrogen and oxygen atoms in total. The van der Waals surface area contributed by atoms with Crippen LogP contribution in [0.3, 0.4) is 0 Å². The maximum atomic E-state index is 10.1. The molecule has 0 amide bonds. The van der Waals surface area contributed by atoms with Crippen LogP contribution in [0.5, 0.6) is 0 Å². The molecule has 0 spiro atoms. The summed E-state index contributed by atoms with van der Waals surface area (Å²) in [6, 6.07) is 3.45. The van der Waals surface area contributed by atoms with E-state index in [-0.39, 0.29) is 6.54 Å². The molecule has 96 valence electrons. The topological polar surface area (TPSA) is 83.8 Å². The Balaban J connectivity index is 2.51. The standard InChI is InChI=1S/C12H21N3O2/c1-9(2)7-14-11(13)15-8-12(3,16)10-5-4-6-17-10/h4-6,9,16H,7-8H2,1-3H3,(H3,13,14,15). The molecular formula is C12H21N3O2. The van der Waals surface area contributed by atoms with E-state index in [0.717, 1.165) is 6.54 Å². The molecule has 0 saturated heterocycles. The van der Waals surface area contributed by atoms with Crippen molar-refractivity contribution in [2.45, 2.75) is 26.4 Å². The number of hydrogen-bond acceptors (Lipinski definition) is 3. The Morgan fingerprint density at radius 1 is 1.65 bits per heavy atom. The second kappa shape index (κ2) is 5.72. The van der Waals surface area contributed by atoms with E-state index in [2.05, 4.69) is 24.2 Å². The molecule has 1 heterocycles. The van der Waals surface area contributed by atoms with Gasteiger partial charge in [0.1, 0.15) is 11.4 Å². The summed E-state index contributed by atoms with van der Waals surface area (Å²) in [5, 5.41) is 13.1. The van der Waals surface area contributed by atoms with Gasteiger partial charge in [-0.1, -0.05) is 13.8 Å². The van der Waals surface area contributed by atoms with Gasteiger partial charge >= 0.3 is 0 Å². The van der Waals surface area contributed by atoms with Crippen molar-refractivity contribution in [3.63, 3.8) is 0 Å². The molecule has 1 aromatic rings. The van der Waals surface area contributed by atoms with Crippen LogP contribution in [0, 0.1) is 5.92 Å². The molecule has 0 aliphatic rings. The van der Waals surface area contributed by atoms with E-state index in [1.807, 2.05) is 0 Å². The lowest BCUT2D eigenvalue weighted by molar-refractivity contribution is 0.0437. The number of furan rings is 1. The monoisotopic (exact) mass is 239 g/mol. The summed E-state index contributed by atoms with van der Waals surface area (Å²) in [5.74, 6) is 1.32. The van der Waals surface area contributed by atoms with Crippen molar-refractivity contribution in [1.29, 1.82) is 0 Å². The predicted molar refractivity (Wildman–Crippen MR) is 67.6 cm³/mol. The molecule has 0 saturated carbocycles. The zero-order chi connectivity index (χ0) is 12.9. The SMILES string of the molecule is CC(C)CNC(N)=NCC(C)(O)c1ccco1. The van der Waals surface area contributed by atoms with Crippen LogP contribution >= 0.6 is 0 Å². The number of aliphatic imine (C=N–C) groups is 1. The van der Waals surface area contributed by atoms with Crippen LogP contribution in [-0.2, 0) is 5.60 Å². The number of nitrogens with one attached hydrogen (secondary N) is 1. The second-order valence-electron chi connectivity index (χ2n) is 4.73. The summed E-state index contributed by atoms with van der Waals surface area (Å²) in [7, 11) is 0. The van der Waals surface area contributed by atoms with Gasteiger partial charge in [0.2, 0.25) is 0 Å². The molecule has 1 atom stereocenters. The average molecular weight is 239 g/mol. The number of hydrogen-bond donors (Lipinski definition) is 3. The Labute approximate surface area is 102 Å². The van der Waals surface area contributed by atoms with Gasteiger partial charge in [0.15, 0.2) is 5.96 Å². The molecule has 0 radical (unpaired) electrons. The fourth-order valence-electron chi connectivity index (χ4n) is 1.27. The van der Waals surface area contributed by atoms with E-state index in [0.29, 0.717) is 17.6 Å². The summed E-state index contributed by atoms with van der Waals surface area (Å²) in [6.07, 6.45) is 1.52. The van der Waals surface area contributed by atoms with E-state index in [9.17, 15) is 5.11 Å². The third kappa shape index (κ3) is 4.48. The van der Waals surface area contributed by atoms with E-state index in [1.165, 1.54) is 6.26 Å². The third-order valence-corrected chi connectivity index (χ3v) is 2.30. The molecule has 0 aliphatic carbocycles. The van der Waals surface area contributed by atoms with E-state index >= 15 is 0 Å². The Morgan fingerprint density at radius 3 is 2.88 bits per heavy atom. The van der Waals surface area contributed by atoms with Crippen LogP contribution in [0.1, 0.15) is 26.5 Å². The van der Waals surface area contributed by atoms with Crippen molar-refractivity contribution in [3.05, 3.63) is 24.2 Å². The van der Waals surface area contributed by atoms with Crippen molar-refractivity contribution in [1.82, 2.24) is 5.32 Å². The summed E-state index contributed by atoms with van der Waals surface area (Å²) in [5.41, 5.74) is 4.55. The lowest BCUT2D eigenvalue weighted by atomic mass is 10.0. The first-order chi connectivity index (χ1) is 7.92. The van der Waals surface area contributed by atoms with Gasteiger partial charge in [0.05, 0.1) is 12.8 Å². The number of guanidine groups is 1. The van der Waals surface area contributed by atoms with Gasteiger partial charge in [-0.25, -0.2) is 4.99 Å². The van der Waals surface area contributed by atoms with E-state index < -0.39 is 5.60 Å². The maximum Gasteiger partial charge on any atom is 0.188 e. The first kappa shape index (κ1) is 13.6. The Kier molecular flexibility index (Phi) is 4.57. The van der Waals surface area contributed by atoms with Crippen molar-refractivity contribution in [2.24, 2.45) is 16.6 Å². The zero-order valence-electron chi connectivity index (χ0n) is 10.6. The minimum Gasteiger partial charge on any atom is -0.466 e. The summed E-state index contributed by atoms with van der Waals surface area (Å²) < 4.78 is 5.15. The number of nitrogens with two attached hydrogens (primary N) is 1. The molecule has 0 bridgehead atoms. The van der Waals surface area contributed by atoms with Crippen molar-refractivity contribution in [2.75, 3.05) is 13.1 Å². The van der Waals surface area contributed by atoms with Crippen LogP contribution in [-0.4, -0.2) is 24.2 Å². The van der Waals surface area contributed by atoms with Crippen LogP contribution in [0.15, 0.2) is 27.8 Å². The number of nitrogens with zero attached hydrogens (tertiary/aromatic N) is 1. The zero-order valence-corrected chi connectivity index (χ0v) is 10.6. The molecule has 4 N–H and O–H groups in total. The first-order valence-electron chi connectivity index (χ1n) is 5.72.